The van der Waals surface area contributed by atoms with E-state index in [0.29, 0.717) is 5.39 Å². The van der Waals surface area contributed by atoms with Crippen molar-refractivity contribution in [3.8, 4) is 0 Å². The average molecular weight is 443 g/mol. The molecule has 0 heterocycles. The molecular weight excluding hydrogens is 407 g/mol. The summed E-state index contributed by atoms with van der Waals surface area (Å²) in [6.45, 7) is 2.26. The van der Waals surface area contributed by atoms with Crippen LogP contribution in [0.3, 0.4) is 0 Å². The molecule has 0 fully saturated rings. The first-order valence-electron chi connectivity index (χ1n) is 11.0. The summed E-state index contributed by atoms with van der Waals surface area (Å²) in [5, 5.41) is 1.44. The molecular formula is C24H35KO3S. The second-order valence-corrected chi connectivity index (χ2v) is 9.21. The molecule has 3 nitrogen and oxygen atoms in total. The molecule has 0 aliphatic heterocycles. The summed E-state index contributed by atoms with van der Waals surface area (Å²) in [6.07, 6.45) is 16.8. The van der Waals surface area contributed by atoms with Gasteiger partial charge in [0.15, 0.2) is 0 Å². The first kappa shape index (κ1) is 27.3. The minimum Gasteiger partial charge on any atom is -0.744 e. The van der Waals surface area contributed by atoms with Gasteiger partial charge in [-0.25, -0.2) is 8.42 Å². The van der Waals surface area contributed by atoms with E-state index in [0.717, 1.165) is 23.8 Å². The van der Waals surface area contributed by atoms with Gasteiger partial charge in [0, 0.05) is 0 Å². The van der Waals surface area contributed by atoms with E-state index < -0.39 is 10.1 Å². The molecule has 29 heavy (non-hydrogen) atoms. The van der Waals surface area contributed by atoms with E-state index in [2.05, 4.69) is 6.92 Å². The SMILES string of the molecule is CCCCCCCCCCCCCCc1cccc2c(S(=O)(=O)[O-])cccc12.[K+]. The Morgan fingerprint density at radius 1 is 0.690 bits per heavy atom. The quantitative estimate of drug-likeness (QED) is 0.252. The molecule has 0 aliphatic carbocycles. The standard InChI is InChI=1S/C24H36O3S.K/c1-2-3-4-5-6-7-8-9-10-11-12-13-16-21-17-14-19-23-22(21)18-15-20-24(23)28(25,26)27;/h14-15,17-20H,2-13,16H2,1H3,(H,25,26,27);/q;+1/p-1. The molecule has 0 N–H and O–H groups in total. The molecule has 2 aromatic carbocycles. The van der Waals surface area contributed by atoms with Crippen LogP contribution in [-0.2, 0) is 16.5 Å². The van der Waals surface area contributed by atoms with Crippen molar-refractivity contribution in [2.75, 3.05) is 0 Å². The van der Waals surface area contributed by atoms with E-state index in [4.69, 9.17) is 0 Å². The van der Waals surface area contributed by atoms with Crippen LogP contribution in [0.5, 0.6) is 0 Å². The zero-order chi connectivity index (χ0) is 20.2. The zero-order valence-electron chi connectivity index (χ0n) is 18.3. The molecule has 0 saturated carbocycles. The maximum absolute atomic E-state index is 11.5. The van der Waals surface area contributed by atoms with Gasteiger partial charge < -0.3 is 4.55 Å². The van der Waals surface area contributed by atoms with Crippen LogP contribution in [0.1, 0.15) is 89.5 Å². The van der Waals surface area contributed by atoms with Gasteiger partial charge in [0.1, 0.15) is 10.1 Å². The predicted molar refractivity (Wildman–Crippen MR) is 117 cm³/mol. The van der Waals surface area contributed by atoms with E-state index in [9.17, 15) is 13.0 Å². The van der Waals surface area contributed by atoms with E-state index in [1.807, 2.05) is 18.2 Å². The van der Waals surface area contributed by atoms with Gasteiger partial charge in [-0.2, -0.15) is 0 Å². The van der Waals surface area contributed by atoms with Crippen LogP contribution in [0, 0.1) is 0 Å². The van der Waals surface area contributed by atoms with Crippen LogP contribution in [0.25, 0.3) is 10.8 Å². The summed E-state index contributed by atoms with van der Waals surface area (Å²) < 4.78 is 34.4. The van der Waals surface area contributed by atoms with Crippen molar-refractivity contribution in [1.29, 1.82) is 0 Å². The van der Waals surface area contributed by atoms with Crippen molar-refractivity contribution in [3.63, 3.8) is 0 Å². The minimum absolute atomic E-state index is 0. The van der Waals surface area contributed by atoms with Crippen molar-refractivity contribution in [2.24, 2.45) is 0 Å². The Kier molecular flexibility index (Phi) is 14.2. The third-order valence-corrected chi connectivity index (χ3v) is 6.44. The summed E-state index contributed by atoms with van der Waals surface area (Å²) >= 11 is 0. The number of hydrogen-bond acceptors (Lipinski definition) is 3. The van der Waals surface area contributed by atoms with Crippen LogP contribution < -0.4 is 51.4 Å². The van der Waals surface area contributed by atoms with Gasteiger partial charge in [-0.1, -0.05) is 108 Å². The number of unbranched alkanes of at least 4 members (excludes halogenated alkanes) is 11. The molecule has 2 aromatic rings. The van der Waals surface area contributed by atoms with Crippen LogP contribution in [0.15, 0.2) is 41.3 Å². The summed E-state index contributed by atoms with van der Waals surface area (Å²) in [7, 11) is -4.44. The summed E-state index contributed by atoms with van der Waals surface area (Å²) in [4.78, 5) is -0.110. The van der Waals surface area contributed by atoms with Gasteiger partial charge >= 0.3 is 51.4 Å². The van der Waals surface area contributed by atoms with E-state index in [1.165, 1.54) is 76.7 Å². The fourth-order valence-electron chi connectivity index (χ4n) is 3.94. The first-order valence-corrected chi connectivity index (χ1v) is 12.4. The maximum atomic E-state index is 11.5. The van der Waals surface area contributed by atoms with Crippen molar-refractivity contribution in [1.82, 2.24) is 0 Å². The molecule has 156 valence electrons. The number of rotatable bonds is 14. The summed E-state index contributed by atoms with van der Waals surface area (Å²) in [6, 6.07) is 10.6. The van der Waals surface area contributed by atoms with Crippen molar-refractivity contribution >= 4 is 20.9 Å². The molecule has 5 heteroatoms. The van der Waals surface area contributed by atoms with Gasteiger partial charge in [0.25, 0.3) is 0 Å². The van der Waals surface area contributed by atoms with Crippen molar-refractivity contribution < 1.29 is 64.4 Å². The van der Waals surface area contributed by atoms with Crippen LogP contribution in [0.4, 0.5) is 0 Å². The van der Waals surface area contributed by atoms with Crippen molar-refractivity contribution in [2.45, 2.75) is 95.3 Å². The molecule has 0 saturated heterocycles. The average Bonchev–Trinajstić information content (AvgIpc) is 2.67. The number of hydrogen-bond donors (Lipinski definition) is 0. The molecule has 0 spiro atoms. The van der Waals surface area contributed by atoms with E-state index in [1.54, 1.807) is 12.1 Å². The van der Waals surface area contributed by atoms with Gasteiger partial charge in [-0.15, -0.1) is 0 Å². The van der Waals surface area contributed by atoms with Crippen LogP contribution >= 0.6 is 0 Å². The third kappa shape index (κ3) is 9.94. The Morgan fingerprint density at radius 3 is 1.72 bits per heavy atom. The normalized spacial score (nSPS) is 11.5. The fourth-order valence-corrected chi connectivity index (χ4v) is 4.63. The zero-order valence-corrected chi connectivity index (χ0v) is 22.2. The molecule has 0 aromatic heterocycles. The van der Waals surface area contributed by atoms with Gasteiger partial charge in [-0.05, 0) is 35.2 Å². The first-order chi connectivity index (χ1) is 13.5. The Labute approximate surface area is 220 Å². The maximum Gasteiger partial charge on any atom is 1.00 e. The number of benzene rings is 2. The van der Waals surface area contributed by atoms with Crippen LogP contribution in [0.2, 0.25) is 0 Å². The Morgan fingerprint density at radius 2 is 1.17 bits per heavy atom. The molecule has 0 amide bonds. The molecule has 0 unspecified atom stereocenters. The number of fused-ring (bicyclic) bond motifs is 1. The monoisotopic (exact) mass is 442 g/mol. The van der Waals surface area contributed by atoms with Crippen molar-refractivity contribution in [3.05, 3.63) is 42.0 Å². The van der Waals surface area contributed by atoms with Gasteiger partial charge in [-0.3, -0.25) is 0 Å². The molecule has 0 aliphatic rings. The van der Waals surface area contributed by atoms with Gasteiger partial charge in [0.2, 0.25) is 0 Å². The molecule has 2 rings (SSSR count). The molecule has 0 radical (unpaired) electrons. The second-order valence-electron chi connectivity index (χ2n) is 7.86. The molecule has 0 bridgehead atoms. The Hall–Kier alpha value is 0.246. The largest absolute Gasteiger partial charge is 1.00 e. The van der Waals surface area contributed by atoms with Gasteiger partial charge in [0.05, 0.1) is 4.90 Å². The summed E-state index contributed by atoms with van der Waals surface area (Å²) in [5.74, 6) is 0. The Balaban J connectivity index is 0.00000420. The Bertz CT molecular complexity index is 818. The topological polar surface area (TPSA) is 57.2 Å². The number of aryl methyl sites for hydroxylation is 1. The van der Waals surface area contributed by atoms with E-state index >= 15 is 0 Å². The smallest absolute Gasteiger partial charge is 0.744 e. The predicted octanol–water partition coefficient (Wildman–Crippen LogP) is 3.99. The molecule has 0 atom stereocenters. The fraction of sp³-hybridized carbons (Fsp3) is 0.583. The second kappa shape index (κ2) is 15.1. The third-order valence-electron chi connectivity index (χ3n) is 5.54. The van der Waals surface area contributed by atoms with E-state index in [-0.39, 0.29) is 56.3 Å². The minimum atomic E-state index is -4.44. The summed E-state index contributed by atoms with van der Waals surface area (Å²) in [5.41, 5.74) is 1.13. The van der Waals surface area contributed by atoms with Crippen LogP contribution in [-0.4, -0.2) is 13.0 Å².